The molecule has 0 saturated carbocycles. The first-order chi connectivity index (χ1) is 18.3. The smallest absolute Gasteiger partial charge is 0.323 e. The number of esters is 3. The van der Waals surface area contributed by atoms with E-state index in [1.807, 2.05) is 18.2 Å². The first-order valence-electron chi connectivity index (χ1n) is 13.6. The molecule has 0 amide bonds. The number of carbonyl (C=O) groups is 3. The van der Waals surface area contributed by atoms with Gasteiger partial charge in [0.25, 0.3) is 0 Å². The summed E-state index contributed by atoms with van der Waals surface area (Å²) in [5.41, 5.74) is -1.58. The Kier molecular flexibility index (Phi) is 10.4. The van der Waals surface area contributed by atoms with Crippen LogP contribution in [0, 0.1) is 10.8 Å². The molecule has 0 spiro atoms. The van der Waals surface area contributed by atoms with Gasteiger partial charge in [-0.15, -0.1) is 0 Å². The molecule has 10 nitrogen and oxygen atoms in total. The van der Waals surface area contributed by atoms with Crippen molar-refractivity contribution >= 4 is 17.9 Å². The number of ether oxygens (including phenoxy) is 6. The lowest BCUT2D eigenvalue weighted by atomic mass is 9.96. The molecule has 5 atom stereocenters. The van der Waals surface area contributed by atoms with Gasteiger partial charge in [-0.2, -0.15) is 0 Å². The Morgan fingerprint density at radius 3 is 2.08 bits per heavy atom. The summed E-state index contributed by atoms with van der Waals surface area (Å²) >= 11 is 0. The minimum absolute atomic E-state index is 0.00813. The van der Waals surface area contributed by atoms with Gasteiger partial charge in [-0.1, -0.05) is 18.2 Å². The Morgan fingerprint density at radius 2 is 1.49 bits per heavy atom. The zero-order chi connectivity index (χ0) is 28.8. The second kappa shape index (κ2) is 13.1. The van der Waals surface area contributed by atoms with E-state index in [4.69, 9.17) is 28.4 Å². The quantitative estimate of drug-likeness (QED) is 0.279. The summed E-state index contributed by atoms with van der Waals surface area (Å²) in [4.78, 5) is 38.6. The van der Waals surface area contributed by atoms with E-state index in [9.17, 15) is 14.4 Å². The Balaban J connectivity index is 1.84. The molecule has 2 fully saturated rings. The standard InChI is InChI=1S/C29H43NO9/c1-18(25(31)37-20-13-15-34-16-14-20)30-24(36-19-11-9-8-10-12-19)23-22(39-27(33)29(5,6)7)21(17-35-23)38-26(32)28(2,3)4/h8-12,18,20-24,30H,13-17H2,1-7H3/t18-,21?,22?,23?,24?/m0/s1. The molecule has 1 aromatic rings. The number of benzene rings is 1. The zero-order valence-corrected chi connectivity index (χ0v) is 24.1. The molecule has 218 valence electrons. The Morgan fingerprint density at radius 1 is 0.897 bits per heavy atom. The van der Waals surface area contributed by atoms with Crippen LogP contribution in [0.15, 0.2) is 30.3 Å². The lowest BCUT2D eigenvalue weighted by Gasteiger charge is -2.33. The van der Waals surface area contributed by atoms with Crippen LogP contribution in [0.3, 0.4) is 0 Å². The average molecular weight is 550 g/mol. The van der Waals surface area contributed by atoms with Gasteiger partial charge in [0.05, 0.1) is 30.7 Å². The van der Waals surface area contributed by atoms with E-state index in [-0.39, 0.29) is 12.7 Å². The van der Waals surface area contributed by atoms with Crippen LogP contribution in [0.2, 0.25) is 0 Å². The summed E-state index contributed by atoms with van der Waals surface area (Å²) in [5.74, 6) is -0.860. The van der Waals surface area contributed by atoms with Crippen molar-refractivity contribution in [3.05, 3.63) is 30.3 Å². The number of nitrogens with one attached hydrogen (secondary N) is 1. The van der Waals surface area contributed by atoms with Crippen LogP contribution in [0.5, 0.6) is 5.75 Å². The van der Waals surface area contributed by atoms with Crippen molar-refractivity contribution in [3.63, 3.8) is 0 Å². The van der Waals surface area contributed by atoms with Crippen LogP contribution in [-0.2, 0) is 38.1 Å². The number of rotatable bonds is 9. The molecule has 4 unspecified atom stereocenters. The van der Waals surface area contributed by atoms with Gasteiger partial charge < -0.3 is 28.4 Å². The summed E-state index contributed by atoms with van der Waals surface area (Å²) < 4.78 is 35.0. The monoisotopic (exact) mass is 549 g/mol. The number of para-hydroxylation sites is 1. The summed E-state index contributed by atoms with van der Waals surface area (Å²) in [6, 6.07) is 8.24. The first kappa shape index (κ1) is 30.8. The largest absolute Gasteiger partial charge is 0.472 e. The minimum Gasteiger partial charge on any atom is -0.472 e. The molecular formula is C29H43NO9. The average Bonchev–Trinajstić information content (AvgIpc) is 3.25. The molecule has 10 heteroatoms. The van der Waals surface area contributed by atoms with Gasteiger partial charge in [-0.05, 0) is 60.6 Å². The Hall–Kier alpha value is -2.69. The number of carbonyl (C=O) groups excluding carboxylic acids is 3. The first-order valence-corrected chi connectivity index (χ1v) is 13.6. The fraction of sp³-hybridized carbons (Fsp3) is 0.690. The van der Waals surface area contributed by atoms with E-state index in [1.165, 1.54) is 0 Å². The molecule has 2 aliphatic heterocycles. The van der Waals surface area contributed by atoms with E-state index in [1.54, 1.807) is 60.6 Å². The van der Waals surface area contributed by atoms with Crippen LogP contribution in [0.1, 0.15) is 61.3 Å². The van der Waals surface area contributed by atoms with Gasteiger partial charge in [-0.25, -0.2) is 0 Å². The Labute approximate surface area is 231 Å². The summed E-state index contributed by atoms with van der Waals surface area (Å²) in [6.07, 6.45) is -2.62. The van der Waals surface area contributed by atoms with E-state index < -0.39 is 59.3 Å². The zero-order valence-electron chi connectivity index (χ0n) is 24.1. The third-order valence-electron chi connectivity index (χ3n) is 6.39. The van der Waals surface area contributed by atoms with E-state index in [0.29, 0.717) is 31.8 Å². The van der Waals surface area contributed by atoms with Crippen LogP contribution in [0.25, 0.3) is 0 Å². The van der Waals surface area contributed by atoms with Gasteiger partial charge in [-0.3, -0.25) is 19.7 Å². The van der Waals surface area contributed by atoms with Crippen LogP contribution in [0.4, 0.5) is 0 Å². The maximum atomic E-state index is 13.0. The molecule has 0 aromatic heterocycles. The summed E-state index contributed by atoms with van der Waals surface area (Å²) in [7, 11) is 0. The van der Waals surface area contributed by atoms with Gasteiger partial charge in [0.2, 0.25) is 0 Å². The Bertz CT molecular complexity index is 963. The summed E-state index contributed by atoms with van der Waals surface area (Å²) in [5, 5.41) is 3.16. The molecule has 2 saturated heterocycles. The van der Waals surface area contributed by atoms with Gasteiger partial charge in [0.1, 0.15) is 24.0 Å². The van der Waals surface area contributed by atoms with Crippen molar-refractivity contribution in [1.29, 1.82) is 0 Å². The molecule has 0 radical (unpaired) electrons. The third kappa shape index (κ3) is 8.91. The van der Waals surface area contributed by atoms with Crippen LogP contribution in [-0.4, -0.2) is 74.4 Å². The number of hydrogen-bond donors (Lipinski definition) is 1. The fourth-order valence-electron chi connectivity index (χ4n) is 3.94. The van der Waals surface area contributed by atoms with Crippen molar-refractivity contribution in [2.24, 2.45) is 10.8 Å². The van der Waals surface area contributed by atoms with Crippen molar-refractivity contribution in [2.45, 2.75) is 98.0 Å². The maximum absolute atomic E-state index is 13.0. The van der Waals surface area contributed by atoms with Crippen LogP contribution >= 0.6 is 0 Å². The summed E-state index contributed by atoms with van der Waals surface area (Å²) in [6.45, 7) is 13.2. The highest BCUT2D eigenvalue weighted by Crippen LogP contribution is 2.30. The second-order valence-electron chi connectivity index (χ2n) is 12.1. The molecule has 1 aromatic carbocycles. The van der Waals surface area contributed by atoms with Crippen molar-refractivity contribution < 1.29 is 42.8 Å². The van der Waals surface area contributed by atoms with Crippen molar-refractivity contribution in [3.8, 4) is 5.75 Å². The molecule has 1 N–H and O–H groups in total. The lowest BCUT2D eigenvalue weighted by Crippen LogP contribution is -2.56. The van der Waals surface area contributed by atoms with Gasteiger partial charge in [0, 0.05) is 12.8 Å². The van der Waals surface area contributed by atoms with Gasteiger partial charge >= 0.3 is 17.9 Å². The highest BCUT2D eigenvalue weighted by atomic mass is 16.6. The fourth-order valence-corrected chi connectivity index (χ4v) is 3.94. The highest BCUT2D eigenvalue weighted by molar-refractivity contribution is 5.77. The maximum Gasteiger partial charge on any atom is 0.323 e. The van der Waals surface area contributed by atoms with E-state index in [0.717, 1.165) is 0 Å². The SMILES string of the molecule is C[C@H](NC(Oc1ccccc1)C1OCC(OC(=O)C(C)(C)C)C1OC(=O)C(C)(C)C)C(=O)OC1CCOCC1. The highest BCUT2D eigenvalue weighted by Gasteiger charge is 2.50. The predicted molar refractivity (Wildman–Crippen MR) is 142 cm³/mol. The topological polar surface area (TPSA) is 119 Å². The lowest BCUT2D eigenvalue weighted by molar-refractivity contribution is -0.178. The number of hydrogen-bond acceptors (Lipinski definition) is 10. The molecule has 39 heavy (non-hydrogen) atoms. The second-order valence-corrected chi connectivity index (χ2v) is 12.1. The van der Waals surface area contributed by atoms with E-state index >= 15 is 0 Å². The molecule has 0 aliphatic carbocycles. The van der Waals surface area contributed by atoms with Crippen molar-refractivity contribution in [1.82, 2.24) is 5.32 Å². The van der Waals surface area contributed by atoms with Crippen molar-refractivity contribution in [2.75, 3.05) is 19.8 Å². The van der Waals surface area contributed by atoms with Crippen LogP contribution < -0.4 is 10.1 Å². The molecular weight excluding hydrogens is 506 g/mol. The molecule has 0 bridgehead atoms. The van der Waals surface area contributed by atoms with E-state index in [2.05, 4.69) is 5.32 Å². The minimum atomic E-state index is -0.983. The predicted octanol–water partition coefficient (Wildman–Crippen LogP) is 3.41. The molecule has 2 heterocycles. The van der Waals surface area contributed by atoms with Gasteiger partial charge in [0.15, 0.2) is 18.4 Å². The third-order valence-corrected chi connectivity index (χ3v) is 6.39. The normalized spacial score (nSPS) is 23.9. The molecule has 2 aliphatic rings. The molecule has 3 rings (SSSR count).